The van der Waals surface area contributed by atoms with E-state index in [1.807, 2.05) is 0 Å². The van der Waals surface area contributed by atoms with Gasteiger partial charge in [0.25, 0.3) is 0 Å². The third-order valence-electron chi connectivity index (χ3n) is 3.63. The van der Waals surface area contributed by atoms with E-state index < -0.39 is 0 Å². The van der Waals surface area contributed by atoms with Crippen molar-refractivity contribution in [1.82, 2.24) is 5.32 Å². The number of hydrogen-bond acceptors (Lipinski definition) is 2. The maximum atomic E-state index is 6.08. The molecule has 0 saturated carbocycles. The summed E-state index contributed by atoms with van der Waals surface area (Å²) in [5, 5.41) is 3.55. The third-order valence-corrected chi connectivity index (χ3v) is 3.63. The summed E-state index contributed by atoms with van der Waals surface area (Å²) in [4.78, 5) is 0. The molecule has 1 aromatic carbocycles. The molecular formula is C15H23NO. The van der Waals surface area contributed by atoms with Gasteiger partial charge in [-0.15, -0.1) is 0 Å². The van der Waals surface area contributed by atoms with Crippen LogP contribution >= 0.6 is 0 Å². The molecule has 1 aromatic rings. The maximum absolute atomic E-state index is 6.08. The van der Waals surface area contributed by atoms with Crippen LogP contribution in [0.3, 0.4) is 0 Å². The Hall–Kier alpha value is -0.860. The molecule has 2 heteroatoms. The summed E-state index contributed by atoms with van der Waals surface area (Å²) < 4.78 is 6.08. The summed E-state index contributed by atoms with van der Waals surface area (Å²) in [6, 6.07) is 8.78. The molecule has 0 aromatic heterocycles. The van der Waals surface area contributed by atoms with Crippen LogP contribution in [0.2, 0.25) is 0 Å². The van der Waals surface area contributed by atoms with Gasteiger partial charge in [-0.3, -0.25) is 0 Å². The number of aryl methyl sites for hydroxylation is 1. The number of nitrogens with one attached hydrogen (secondary N) is 1. The Morgan fingerprint density at radius 1 is 1.18 bits per heavy atom. The van der Waals surface area contributed by atoms with E-state index in [2.05, 4.69) is 57.3 Å². The summed E-state index contributed by atoms with van der Waals surface area (Å²) in [7, 11) is 0. The van der Waals surface area contributed by atoms with E-state index in [4.69, 9.17) is 4.74 Å². The van der Waals surface area contributed by atoms with Crippen molar-refractivity contribution in [2.24, 2.45) is 0 Å². The maximum Gasteiger partial charge on any atom is 0.103 e. The van der Waals surface area contributed by atoms with Gasteiger partial charge in [-0.05, 0) is 38.3 Å². The zero-order valence-electron chi connectivity index (χ0n) is 11.3. The van der Waals surface area contributed by atoms with Crippen LogP contribution < -0.4 is 5.32 Å². The van der Waals surface area contributed by atoms with Crippen LogP contribution in [-0.2, 0) is 16.8 Å². The van der Waals surface area contributed by atoms with Crippen molar-refractivity contribution in [3.8, 4) is 0 Å². The van der Waals surface area contributed by atoms with Crippen LogP contribution in [-0.4, -0.2) is 18.7 Å². The van der Waals surface area contributed by atoms with E-state index in [1.165, 1.54) is 11.1 Å². The average Bonchev–Trinajstić information content (AvgIpc) is 2.34. The van der Waals surface area contributed by atoms with E-state index in [1.54, 1.807) is 0 Å². The van der Waals surface area contributed by atoms with Crippen molar-refractivity contribution in [1.29, 1.82) is 0 Å². The molecule has 0 aliphatic carbocycles. The Bertz CT molecular complexity index is 370. The van der Waals surface area contributed by atoms with Gasteiger partial charge in [0.1, 0.15) is 5.60 Å². The standard InChI is InChI=1S/C15H23NO/c1-5-12-6-8-13(9-7-12)15(4)10-16-14(2,3)11-17-15/h6-9,16H,5,10-11H2,1-4H3. The molecular weight excluding hydrogens is 210 g/mol. The third kappa shape index (κ3) is 2.70. The number of benzene rings is 1. The Morgan fingerprint density at radius 3 is 2.29 bits per heavy atom. The number of morpholine rings is 1. The van der Waals surface area contributed by atoms with Crippen molar-refractivity contribution in [3.05, 3.63) is 35.4 Å². The molecule has 2 rings (SSSR count). The van der Waals surface area contributed by atoms with Crippen molar-refractivity contribution in [2.75, 3.05) is 13.2 Å². The molecule has 1 unspecified atom stereocenters. The molecule has 1 aliphatic rings. The Kier molecular flexibility index (Phi) is 3.28. The van der Waals surface area contributed by atoms with Gasteiger partial charge in [0, 0.05) is 12.1 Å². The highest BCUT2D eigenvalue weighted by Gasteiger charge is 2.36. The first-order valence-corrected chi connectivity index (χ1v) is 6.44. The molecule has 17 heavy (non-hydrogen) atoms. The lowest BCUT2D eigenvalue weighted by Crippen LogP contribution is -2.56. The van der Waals surface area contributed by atoms with Gasteiger partial charge in [0.2, 0.25) is 0 Å². The fourth-order valence-corrected chi connectivity index (χ4v) is 2.13. The topological polar surface area (TPSA) is 21.3 Å². The SMILES string of the molecule is CCc1ccc(C2(C)CNC(C)(C)CO2)cc1. The molecule has 1 aliphatic heterocycles. The molecule has 1 heterocycles. The minimum absolute atomic E-state index is 0.0862. The van der Waals surface area contributed by atoms with Gasteiger partial charge in [0.15, 0.2) is 0 Å². The number of hydrogen-bond donors (Lipinski definition) is 1. The highest BCUT2D eigenvalue weighted by atomic mass is 16.5. The molecule has 1 atom stereocenters. The van der Waals surface area contributed by atoms with Crippen LogP contribution in [0.25, 0.3) is 0 Å². The van der Waals surface area contributed by atoms with Gasteiger partial charge >= 0.3 is 0 Å². The van der Waals surface area contributed by atoms with E-state index in [0.29, 0.717) is 0 Å². The van der Waals surface area contributed by atoms with E-state index in [0.717, 1.165) is 19.6 Å². The lowest BCUT2D eigenvalue weighted by atomic mass is 9.90. The first-order valence-electron chi connectivity index (χ1n) is 6.44. The molecule has 2 nitrogen and oxygen atoms in total. The van der Waals surface area contributed by atoms with Crippen LogP contribution in [0.1, 0.15) is 38.8 Å². The fourth-order valence-electron chi connectivity index (χ4n) is 2.13. The minimum atomic E-state index is -0.193. The van der Waals surface area contributed by atoms with Crippen molar-refractivity contribution < 1.29 is 4.74 Å². The molecule has 1 fully saturated rings. The molecule has 0 amide bonds. The van der Waals surface area contributed by atoms with E-state index in [-0.39, 0.29) is 11.1 Å². The largest absolute Gasteiger partial charge is 0.367 e. The fraction of sp³-hybridized carbons (Fsp3) is 0.600. The molecule has 0 spiro atoms. The highest BCUT2D eigenvalue weighted by Crippen LogP contribution is 2.30. The second-order valence-electron chi connectivity index (χ2n) is 5.81. The zero-order valence-corrected chi connectivity index (χ0v) is 11.3. The van der Waals surface area contributed by atoms with E-state index in [9.17, 15) is 0 Å². The summed E-state index contributed by atoms with van der Waals surface area (Å²) in [5.74, 6) is 0. The molecule has 0 radical (unpaired) electrons. The van der Waals surface area contributed by atoms with Gasteiger partial charge in [-0.25, -0.2) is 0 Å². The second-order valence-corrected chi connectivity index (χ2v) is 5.81. The van der Waals surface area contributed by atoms with E-state index >= 15 is 0 Å². The smallest absolute Gasteiger partial charge is 0.103 e. The highest BCUT2D eigenvalue weighted by molar-refractivity contribution is 5.28. The van der Waals surface area contributed by atoms with Crippen molar-refractivity contribution >= 4 is 0 Å². The molecule has 1 N–H and O–H groups in total. The quantitative estimate of drug-likeness (QED) is 0.848. The molecule has 1 saturated heterocycles. The molecule has 94 valence electrons. The minimum Gasteiger partial charge on any atom is -0.367 e. The van der Waals surface area contributed by atoms with Gasteiger partial charge < -0.3 is 10.1 Å². The Balaban J connectivity index is 2.15. The predicted molar refractivity (Wildman–Crippen MR) is 71.2 cm³/mol. The van der Waals surface area contributed by atoms with Gasteiger partial charge in [0.05, 0.1) is 6.61 Å². The first-order chi connectivity index (χ1) is 7.95. The summed E-state index contributed by atoms with van der Waals surface area (Å²) >= 11 is 0. The van der Waals surface area contributed by atoms with Crippen molar-refractivity contribution in [2.45, 2.75) is 45.3 Å². The Morgan fingerprint density at radius 2 is 1.82 bits per heavy atom. The lowest BCUT2D eigenvalue weighted by Gasteiger charge is -2.42. The molecule has 0 bridgehead atoms. The lowest BCUT2D eigenvalue weighted by molar-refractivity contribution is -0.0949. The summed E-state index contributed by atoms with van der Waals surface area (Å²) in [6.07, 6.45) is 1.09. The van der Waals surface area contributed by atoms with Gasteiger partial charge in [-0.1, -0.05) is 31.2 Å². The van der Waals surface area contributed by atoms with Crippen molar-refractivity contribution in [3.63, 3.8) is 0 Å². The van der Waals surface area contributed by atoms with Crippen LogP contribution in [0.4, 0.5) is 0 Å². The Labute approximate surface area is 104 Å². The average molecular weight is 233 g/mol. The second kappa shape index (κ2) is 4.43. The number of rotatable bonds is 2. The summed E-state index contributed by atoms with van der Waals surface area (Å²) in [6.45, 7) is 10.3. The first kappa shape index (κ1) is 12.6. The van der Waals surface area contributed by atoms with Crippen LogP contribution in [0, 0.1) is 0 Å². The monoisotopic (exact) mass is 233 g/mol. The number of ether oxygens (including phenoxy) is 1. The van der Waals surface area contributed by atoms with Crippen LogP contribution in [0.5, 0.6) is 0 Å². The summed E-state index contributed by atoms with van der Waals surface area (Å²) in [5.41, 5.74) is 2.53. The normalized spacial score (nSPS) is 28.0. The van der Waals surface area contributed by atoms with Gasteiger partial charge in [-0.2, -0.15) is 0 Å². The van der Waals surface area contributed by atoms with Crippen LogP contribution in [0.15, 0.2) is 24.3 Å². The zero-order chi connectivity index (χ0) is 12.5. The predicted octanol–water partition coefficient (Wildman–Crippen LogP) is 2.86.